The molecule has 2 amide bonds. The molecule has 0 saturated heterocycles. The molecule has 0 aromatic heterocycles. The zero-order valence-electron chi connectivity index (χ0n) is 11.3. The summed E-state index contributed by atoms with van der Waals surface area (Å²) in [6.45, 7) is 1.97. The van der Waals surface area contributed by atoms with Gasteiger partial charge < -0.3 is 15.7 Å². The van der Waals surface area contributed by atoms with E-state index in [2.05, 4.69) is 10.6 Å². The normalized spacial score (nSPS) is 10.1. The number of unbranched alkanes of at least 4 members (excludes halogenated alkanes) is 1. The van der Waals surface area contributed by atoms with Crippen LogP contribution in [0.4, 0.5) is 5.69 Å². The fourth-order valence-electron chi connectivity index (χ4n) is 1.65. The Morgan fingerprint density at radius 3 is 2.63 bits per heavy atom. The molecule has 0 bridgehead atoms. The van der Waals surface area contributed by atoms with Gasteiger partial charge in [-0.05, 0) is 37.5 Å². The molecule has 19 heavy (non-hydrogen) atoms. The second-order valence-corrected chi connectivity index (χ2v) is 4.34. The molecule has 0 aliphatic carbocycles. The minimum Gasteiger partial charge on any atom is -0.396 e. The Bertz CT molecular complexity index is 458. The van der Waals surface area contributed by atoms with Gasteiger partial charge in [0.1, 0.15) is 0 Å². The molecule has 1 aromatic carbocycles. The van der Waals surface area contributed by atoms with Crippen molar-refractivity contribution in [1.82, 2.24) is 5.32 Å². The smallest absolute Gasteiger partial charge is 0.251 e. The van der Waals surface area contributed by atoms with Gasteiger partial charge in [-0.25, -0.2) is 0 Å². The van der Waals surface area contributed by atoms with E-state index in [4.69, 9.17) is 5.11 Å². The van der Waals surface area contributed by atoms with Gasteiger partial charge in [0.25, 0.3) is 5.91 Å². The fourth-order valence-corrected chi connectivity index (χ4v) is 1.65. The number of nitrogens with one attached hydrogen (secondary N) is 2. The molecule has 0 spiro atoms. The van der Waals surface area contributed by atoms with Crippen molar-refractivity contribution in [2.75, 3.05) is 19.0 Å². The van der Waals surface area contributed by atoms with Gasteiger partial charge in [-0.3, -0.25) is 9.59 Å². The molecule has 3 N–H and O–H groups in total. The maximum Gasteiger partial charge on any atom is 0.251 e. The van der Waals surface area contributed by atoms with Crippen LogP contribution in [0.1, 0.15) is 35.2 Å². The number of benzene rings is 1. The predicted octanol–water partition coefficient (Wildman–Crippen LogP) is 1.46. The van der Waals surface area contributed by atoms with Crippen LogP contribution >= 0.6 is 0 Å². The van der Waals surface area contributed by atoms with Crippen molar-refractivity contribution in [2.24, 2.45) is 0 Å². The lowest BCUT2D eigenvalue weighted by Crippen LogP contribution is -2.19. The molecule has 0 saturated carbocycles. The Balaban J connectivity index is 2.71. The van der Waals surface area contributed by atoms with Gasteiger partial charge in [-0.2, -0.15) is 0 Å². The van der Waals surface area contributed by atoms with Crippen molar-refractivity contribution in [3.05, 3.63) is 29.3 Å². The number of rotatable bonds is 6. The third kappa shape index (κ3) is 4.71. The van der Waals surface area contributed by atoms with Gasteiger partial charge in [0.15, 0.2) is 0 Å². The lowest BCUT2D eigenvalue weighted by Gasteiger charge is -2.10. The van der Waals surface area contributed by atoms with Gasteiger partial charge >= 0.3 is 0 Å². The number of aliphatic hydroxyl groups excluding tert-OH is 1. The number of hydrogen-bond donors (Lipinski definition) is 3. The topological polar surface area (TPSA) is 78.4 Å². The molecule has 0 heterocycles. The minimum absolute atomic E-state index is 0.0957. The second kappa shape index (κ2) is 7.53. The van der Waals surface area contributed by atoms with Gasteiger partial charge in [-0.1, -0.05) is 6.07 Å². The highest BCUT2D eigenvalue weighted by Gasteiger charge is 2.08. The summed E-state index contributed by atoms with van der Waals surface area (Å²) in [4.78, 5) is 23.2. The van der Waals surface area contributed by atoms with Crippen LogP contribution in [0.3, 0.4) is 0 Å². The van der Waals surface area contributed by atoms with E-state index in [0.29, 0.717) is 30.5 Å². The van der Waals surface area contributed by atoms with Crippen LogP contribution < -0.4 is 10.6 Å². The summed E-state index contributed by atoms with van der Waals surface area (Å²) in [5.41, 5.74) is 2.07. The summed E-state index contributed by atoms with van der Waals surface area (Å²) >= 11 is 0. The van der Waals surface area contributed by atoms with E-state index in [1.165, 1.54) is 0 Å². The van der Waals surface area contributed by atoms with E-state index in [-0.39, 0.29) is 18.4 Å². The van der Waals surface area contributed by atoms with E-state index in [1.54, 1.807) is 25.2 Å². The number of aryl methyl sites for hydroxylation is 1. The van der Waals surface area contributed by atoms with Crippen LogP contribution in [0.15, 0.2) is 18.2 Å². The molecular formula is C14H20N2O3. The van der Waals surface area contributed by atoms with Crippen molar-refractivity contribution >= 4 is 17.5 Å². The third-order valence-corrected chi connectivity index (χ3v) is 2.81. The van der Waals surface area contributed by atoms with Crippen molar-refractivity contribution in [3.63, 3.8) is 0 Å². The standard InChI is InChI=1S/C14H20N2O3/c1-10-6-7-11(14(19)15-2)9-12(10)16-13(18)5-3-4-8-17/h6-7,9,17H,3-5,8H2,1-2H3,(H,15,19)(H,16,18). The van der Waals surface area contributed by atoms with Crippen LogP contribution in [0.25, 0.3) is 0 Å². The maximum atomic E-state index is 11.7. The zero-order valence-corrected chi connectivity index (χ0v) is 11.3. The average Bonchev–Trinajstić information content (AvgIpc) is 2.40. The van der Waals surface area contributed by atoms with E-state index in [0.717, 1.165) is 5.56 Å². The van der Waals surface area contributed by atoms with E-state index < -0.39 is 0 Å². The lowest BCUT2D eigenvalue weighted by atomic mass is 10.1. The van der Waals surface area contributed by atoms with Gasteiger partial charge in [0.2, 0.25) is 5.91 Å². The third-order valence-electron chi connectivity index (χ3n) is 2.81. The first-order chi connectivity index (χ1) is 9.08. The Kier molecular flexibility index (Phi) is 6.02. The number of hydrogen-bond acceptors (Lipinski definition) is 3. The van der Waals surface area contributed by atoms with Crippen molar-refractivity contribution in [2.45, 2.75) is 26.2 Å². The van der Waals surface area contributed by atoms with Gasteiger partial charge in [0.05, 0.1) is 0 Å². The molecule has 1 aromatic rings. The number of carbonyl (C=O) groups excluding carboxylic acids is 2. The summed E-state index contributed by atoms with van der Waals surface area (Å²) in [5.74, 6) is -0.290. The molecule has 0 unspecified atom stereocenters. The fraction of sp³-hybridized carbons (Fsp3) is 0.429. The quantitative estimate of drug-likeness (QED) is 0.681. The first-order valence-electron chi connectivity index (χ1n) is 6.32. The first-order valence-corrected chi connectivity index (χ1v) is 6.32. The molecule has 5 heteroatoms. The van der Waals surface area contributed by atoms with E-state index in [1.807, 2.05) is 6.92 Å². The SMILES string of the molecule is CNC(=O)c1ccc(C)c(NC(=O)CCCCO)c1. The largest absolute Gasteiger partial charge is 0.396 e. The summed E-state index contributed by atoms with van der Waals surface area (Å²) < 4.78 is 0. The van der Waals surface area contributed by atoms with Crippen LogP contribution in [-0.2, 0) is 4.79 Å². The first kappa shape index (κ1) is 15.2. The van der Waals surface area contributed by atoms with Gasteiger partial charge in [-0.15, -0.1) is 0 Å². The maximum absolute atomic E-state index is 11.7. The number of amides is 2. The highest BCUT2D eigenvalue weighted by molar-refractivity contribution is 5.97. The van der Waals surface area contributed by atoms with Crippen LogP contribution in [-0.4, -0.2) is 30.6 Å². The molecule has 0 radical (unpaired) electrons. The molecule has 0 aliphatic heterocycles. The molecule has 0 aliphatic rings. The molecular weight excluding hydrogens is 244 g/mol. The van der Waals surface area contributed by atoms with Crippen molar-refractivity contribution in [3.8, 4) is 0 Å². The van der Waals surface area contributed by atoms with Crippen LogP contribution in [0, 0.1) is 6.92 Å². The number of carbonyl (C=O) groups is 2. The van der Waals surface area contributed by atoms with Crippen LogP contribution in [0.2, 0.25) is 0 Å². The highest BCUT2D eigenvalue weighted by Crippen LogP contribution is 2.17. The Morgan fingerprint density at radius 1 is 1.26 bits per heavy atom. The number of aliphatic hydroxyl groups is 1. The molecule has 104 valence electrons. The Hall–Kier alpha value is -1.88. The lowest BCUT2D eigenvalue weighted by molar-refractivity contribution is -0.116. The van der Waals surface area contributed by atoms with Crippen molar-refractivity contribution in [1.29, 1.82) is 0 Å². The minimum atomic E-state index is -0.184. The van der Waals surface area contributed by atoms with Crippen molar-refractivity contribution < 1.29 is 14.7 Å². The molecule has 0 fully saturated rings. The van der Waals surface area contributed by atoms with Gasteiger partial charge in [0, 0.05) is 31.3 Å². The Morgan fingerprint density at radius 2 is 2.00 bits per heavy atom. The molecule has 0 atom stereocenters. The number of anilines is 1. The Labute approximate surface area is 113 Å². The predicted molar refractivity (Wildman–Crippen MR) is 74.1 cm³/mol. The van der Waals surface area contributed by atoms with E-state index >= 15 is 0 Å². The molecule has 5 nitrogen and oxygen atoms in total. The monoisotopic (exact) mass is 264 g/mol. The molecule has 1 rings (SSSR count). The van der Waals surface area contributed by atoms with E-state index in [9.17, 15) is 9.59 Å². The highest BCUT2D eigenvalue weighted by atomic mass is 16.3. The summed E-state index contributed by atoms with van der Waals surface area (Å²) in [6.07, 6.45) is 1.63. The summed E-state index contributed by atoms with van der Waals surface area (Å²) in [7, 11) is 1.56. The zero-order chi connectivity index (χ0) is 14.3. The summed E-state index contributed by atoms with van der Waals surface area (Å²) in [5, 5.41) is 14.0. The van der Waals surface area contributed by atoms with Crippen LogP contribution in [0.5, 0.6) is 0 Å². The average molecular weight is 264 g/mol. The summed E-state index contributed by atoms with van der Waals surface area (Å²) in [6, 6.07) is 5.18. The second-order valence-electron chi connectivity index (χ2n) is 4.34.